The highest BCUT2D eigenvalue weighted by molar-refractivity contribution is 5.58. The van der Waals surface area contributed by atoms with Crippen molar-refractivity contribution in [1.29, 1.82) is 0 Å². The van der Waals surface area contributed by atoms with Gasteiger partial charge in [-0.05, 0) is 24.5 Å². The van der Waals surface area contributed by atoms with E-state index >= 15 is 0 Å². The third kappa shape index (κ3) is 3.94. The molecule has 1 saturated heterocycles. The van der Waals surface area contributed by atoms with Crippen molar-refractivity contribution in [2.75, 3.05) is 24.1 Å². The molecule has 7 nitrogen and oxygen atoms in total. The van der Waals surface area contributed by atoms with Crippen molar-refractivity contribution in [3.05, 3.63) is 35.7 Å². The van der Waals surface area contributed by atoms with E-state index in [-0.39, 0.29) is 12.1 Å². The van der Waals surface area contributed by atoms with Crippen molar-refractivity contribution in [1.82, 2.24) is 19.9 Å². The van der Waals surface area contributed by atoms with Gasteiger partial charge in [-0.3, -0.25) is 4.90 Å². The first-order valence-corrected chi connectivity index (χ1v) is 7.90. The van der Waals surface area contributed by atoms with Crippen molar-refractivity contribution >= 4 is 17.6 Å². The monoisotopic (exact) mass is 314 g/mol. The van der Waals surface area contributed by atoms with Crippen LogP contribution in [0.5, 0.6) is 0 Å². The minimum Gasteiger partial charge on any atom is -0.392 e. The number of hydrogen-bond acceptors (Lipinski definition) is 7. The Kier molecular flexibility index (Phi) is 4.68. The van der Waals surface area contributed by atoms with Gasteiger partial charge < -0.3 is 16.2 Å². The summed E-state index contributed by atoms with van der Waals surface area (Å²) in [4.78, 5) is 14.9. The van der Waals surface area contributed by atoms with Crippen molar-refractivity contribution in [2.24, 2.45) is 0 Å². The van der Waals surface area contributed by atoms with Crippen LogP contribution in [0.4, 0.5) is 17.6 Å². The number of nitrogen functional groups attached to an aromatic ring is 1. The number of nitrogens with two attached hydrogens (primary N) is 1. The third-order valence-corrected chi connectivity index (χ3v) is 3.96. The molecule has 1 aliphatic heterocycles. The number of aliphatic hydroxyl groups is 1. The predicted molar refractivity (Wildman–Crippen MR) is 89.2 cm³/mol. The number of benzene rings is 1. The van der Waals surface area contributed by atoms with Crippen molar-refractivity contribution in [3.8, 4) is 0 Å². The molecule has 1 aliphatic rings. The maximum atomic E-state index is 9.61. The lowest BCUT2D eigenvalue weighted by atomic mass is 10.1. The summed E-state index contributed by atoms with van der Waals surface area (Å²) in [5.41, 5.74) is 7.98. The minimum atomic E-state index is -0.261. The van der Waals surface area contributed by atoms with Crippen LogP contribution in [0, 0.1) is 0 Å². The zero-order valence-corrected chi connectivity index (χ0v) is 13.2. The second-order valence-corrected chi connectivity index (χ2v) is 5.75. The molecule has 122 valence electrons. The first-order chi connectivity index (χ1) is 11.1. The van der Waals surface area contributed by atoms with Crippen LogP contribution in [-0.4, -0.2) is 44.2 Å². The molecule has 0 bridgehead atoms. The molecule has 1 aromatic carbocycles. The Morgan fingerprint density at radius 2 is 2.13 bits per heavy atom. The highest BCUT2D eigenvalue weighted by atomic mass is 16.3. The van der Waals surface area contributed by atoms with Gasteiger partial charge in [0.05, 0.1) is 12.6 Å². The fraction of sp³-hybridized carbons (Fsp3) is 0.438. The van der Waals surface area contributed by atoms with Gasteiger partial charge in [0.2, 0.25) is 11.9 Å². The van der Waals surface area contributed by atoms with E-state index in [0.29, 0.717) is 24.9 Å². The molecule has 1 atom stereocenters. The number of likely N-dealkylation sites (tertiary alicyclic amines) is 1. The molecule has 2 aromatic rings. The molecule has 2 heterocycles. The molecule has 23 heavy (non-hydrogen) atoms. The Hall–Kier alpha value is -2.25. The van der Waals surface area contributed by atoms with Gasteiger partial charge in [-0.2, -0.15) is 15.0 Å². The van der Waals surface area contributed by atoms with Crippen LogP contribution in [0.3, 0.4) is 0 Å². The number of nitrogens with zero attached hydrogens (tertiary/aromatic N) is 4. The summed E-state index contributed by atoms with van der Waals surface area (Å²) in [5.74, 6) is 1.27. The molecule has 1 unspecified atom stereocenters. The molecule has 1 fully saturated rings. The van der Waals surface area contributed by atoms with Crippen LogP contribution >= 0.6 is 0 Å². The van der Waals surface area contributed by atoms with Gasteiger partial charge in [-0.1, -0.05) is 25.1 Å². The van der Waals surface area contributed by atoms with Crippen LogP contribution in [0.15, 0.2) is 24.3 Å². The lowest BCUT2D eigenvalue weighted by Crippen LogP contribution is -2.23. The molecule has 0 aliphatic carbocycles. The molecule has 7 heteroatoms. The van der Waals surface area contributed by atoms with Gasteiger partial charge >= 0.3 is 0 Å². The molecule has 3 rings (SSSR count). The Morgan fingerprint density at radius 1 is 1.30 bits per heavy atom. The molecular weight excluding hydrogens is 292 g/mol. The standard InChI is InChI=1S/C16H22N6O/c1-2-11-5-3-4-6-13(11)18-16-20-14(19-15(17)21-16)10-22-8-7-12(23)9-22/h3-6,12,23H,2,7-10H2,1H3,(H3,17,18,19,20,21). The van der Waals surface area contributed by atoms with Crippen LogP contribution in [0.2, 0.25) is 0 Å². The Bertz CT molecular complexity index is 677. The van der Waals surface area contributed by atoms with Gasteiger partial charge in [0, 0.05) is 18.8 Å². The normalized spacial score (nSPS) is 18.3. The number of hydrogen-bond donors (Lipinski definition) is 3. The molecule has 1 aromatic heterocycles. The summed E-state index contributed by atoms with van der Waals surface area (Å²) in [6, 6.07) is 8.04. The Labute approximate surface area is 135 Å². The van der Waals surface area contributed by atoms with Crippen LogP contribution in [0.1, 0.15) is 24.7 Å². The Morgan fingerprint density at radius 3 is 2.87 bits per heavy atom. The second kappa shape index (κ2) is 6.89. The van der Waals surface area contributed by atoms with E-state index in [2.05, 4.69) is 38.2 Å². The number of para-hydroxylation sites is 1. The first-order valence-electron chi connectivity index (χ1n) is 7.90. The summed E-state index contributed by atoms with van der Waals surface area (Å²) in [6.07, 6.45) is 1.45. The average molecular weight is 314 g/mol. The highest BCUT2D eigenvalue weighted by Gasteiger charge is 2.21. The molecule has 0 spiro atoms. The SMILES string of the molecule is CCc1ccccc1Nc1nc(N)nc(CN2CCC(O)C2)n1. The van der Waals surface area contributed by atoms with E-state index in [1.165, 1.54) is 5.56 Å². The minimum absolute atomic E-state index is 0.200. The molecule has 0 saturated carbocycles. The number of anilines is 3. The van der Waals surface area contributed by atoms with Gasteiger partial charge in [-0.25, -0.2) is 0 Å². The molecule has 0 amide bonds. The van der Waals surface area contributed by atoms with E-state index in [4.69, 9.17) is 5.73 Å². The summed E-state index contributed by atoms with van der Waals surface area (Å²) < 4.78 is 0. The van der Waals surface area contributed by atoms with Crippen molar-refractivity contribution in [2.45, 2.75) is 32.4 Å². The summed E-state index contributed by atoms with van der Waals surface area (Å²) >= 11 is 0. The fourth-order valence-corrected chi connectivity index (χ4v) is 2.79. The Balaban J connectivity index is 1.77. The summed E-state index contributed by atoms with van der Waals surface area (Å²) in [6.45, 7) is 4.15. The smallest absolute Gasteiger partial charge is 0.232 e. The van der Waals surface area contributed by atoms with Gasteiger partial charge in [0.25, 0.3) is 0 Å². The maximum Gasteiger partial charge on any atom is 0.232 e. The quantitative estimate of drug-likeness (QED) is 0.765. The largest absolute Gasteiger partial charge is 0.392 e. The lowest BCUT2D eigenvalue weighted by molar-refractivity contribution is 0.174. The van der Waals surface area contributed by atoms with Crippen molar-refractivity contribution < 1.29 is 5.11 Å². The van der Waals surface area contributed by atoms with E-state index in [1.807, 2.05) is 18.2 Å². The van der Waals surface area contributed by atoms with Crippen LogP contribution < -0.4 is 11.1 Å². The average Bonchev–Trinajstić information content (AvgIpc) is 2.92. The number of β-amino-alcohol motifs (C(OH)–C–C–N with tert-alkyl or cyclic N) is 1. The zero-order chi connectivity index (χ0) is 16.2. The number of aromatic nitrogens is 3. The van der Waals surface area contributed by atoms with E-state index in [9.17, 15) is 5.11 Å². The van der Waals surface area contributed by atoms with E-state index in [1.54, 1.807) is 0 Å². The lowest BCUT2D eigenvalue weighted by Gasteiger charge is -2.15. The third-order valence-electron chi connectivity index (χ3n) is 3.96. The van der Waals surface area contributed by atoms with E-state index < -0.39 is 0 Å². The van der Waals surface area contributed by atoms with Gasteiger partial charge in [-0.15, -0.1) is 0 Å². The number of nitrogens with one attached hydrogen (secondary N) is 1. The molecule has 0 radical (unpaired) electrons. The molecule has 4 N–H and O–H groups in total. The summed E-state index contributed by atoms with van der Waals surface area (Å²) in [5, 5.41) is 12.8. The maximum absolute atomic E-state index is 9.61. The first kappa shape index (κ1) is 15.6. The predicted octanol–water partition coefficient (Wildman–Crippen LogP) is 1.33. The van der Waals surface area contributed by atoms with E-state index in [0.717, 1.165) is 25.1 Å². The zero-order valence-electron chi connectivity index (χ0n) is 13.2. The van der Waals surface area contributed by atoms with Gasteiger partial charge in [0.1, 0.15) is 5.82 Å². The van der Waals surface area contributed by atoms with Crippen molar-refractivity contribution in [3.63, 3.8) is 0 Å². The second-order valence-electron chi connectivity index (χ2n) is 5.75. The molecular formula is C16H22N6O. The summed E-state index contributed by atoms with van der Waals surface area (Å²) in [7, 11) is 0. The number of aliphatic hydroxyl groups excluding tert-OH is 1. The number of aryl methyl sites for hydroxylation is 1. The van der Waals surface area contributed by atoms with Crippen LogP contribution in [-0.2, 0) is 13.0 Å². The highest BCUT2D eigenvalue weighted by Crippen LogP contribution is 2.20. The topological polar surface area (TPSA) is 100 Å². The van der Waals surface area contributed by atoms with Gasteiger partial charge in [0.15, 0.2) is 0 Å². The van der Waals surface area contributed by atoms with Crippen LogP contribution in [0.25, 0.3) is 0 Å². The fourth-order valence-electron chi connectivity index (χ4n) is 2.79. The number of rotatable bonds is 5.